The van der Waals surface area contributed by atoms with Gasteiger partial charge >= 0.3 is 0 Å². The lowest BCUT2D eigenvalue weighted by Gasteiger charge is -2.44. The second kappa shape index (κ2) is 6.30. The Balaban J connectivity index is 1.92. The van der Waals surface area contributed by atoms with E-state index in [9.17, 15) is 18.0 Å². The summed E-state index contributed by atoms with van der Waals surface area (Å²) in [5.41, 5.74) is 0.885. The first kappa shape index (κ1) is 17.7. The highest BCUT2D eigenvalue weighted by Gasteiger charge is 2.44. The number of amides is 2. The number of carbonyl (C=O) groups excluding carboxylic acids is 2. The third kappa shape index (κ3) is 2.98. The van der Waals surface area contributed by atoms with Crippen molar-refractivity contribution in [3.05, 3.63) is 23.8 Å². The predicted octanol–water partition coefficient (Wildman–Crippen LogP) is -0.323. The van der Waals surface area contributed by atoms with Crippen LogP contribution in [0.15, 0.2) is 23.1 Å². The Hall–Kier alpha value is -2.13. The number of rotatable bonds is 3. The van der Waals surface area contributed by atoms with Crippen LogP contribution in [0.2, 0.25) is 0 Å². The van der Waals surface area contributed by atoms with Crippen LogP contribution in [-0.4, -0.2) is 80.7 Å². The first-order valence-corrected chi connectivity index (χ1v) is 9.39. The van der Waals surface area contributed by atoms with Gasteiger partial charge in [0, 0.05) is 26.7 Å². The summed E-state index contributed by atoms with van der Waals surface area (Å²) in [5.74, 6) is -0.127. The zero-order valence-electron chi connectivity index (χ0n) is 14.4. The fraction of sp³-hybridized carbons (Fsp3) is 0.500. The average Bonchev–Trinajstić information content (AvgIpc) is 2.58. The van der Waals surface area contributed by atoms with Crippen molar-refractivity contribution in [2.24, 2.45) is 0 Å². The highest BCUT2D eigenvalue weighted by atomic mass is 32.2. The number of likely N-dealkylation sites (N-methyl/N-ethyl adjacent to an activating group) is 1. The van der Waals surface area contributed by atoms with E-state index in [-0.39, 0.29) is 48.6 Å². The van der Waals surface area contributed by atoms with Crippen LogP contribution in [0.4, 0.5) is 0 Å². The summed E-state index contributed by atoms with van der Waals surface area (Å²) >= 11 is 0. The molecule has 2 heterocycles. The number of benzene rings is 1. The molecule has 1 aromatic rings. The number of piperazine rings is 2. The zero-order valence-corrected chi connectivity index (χ0v) is 15.2. The largest absolute Gasteiger partial charge is 0.495 e. The van der Waals surface area contributed by atoms with E-state index in [4.69, 9.17) is 4.74 Å². The van der Waals surface area contributed by atoms with E-state index in [1.165, 1.54) is 27.3 Å². The second-order valence-electron chi connectivity index (χ2n) is 6.31. The summed E-state index contributed by atoms with van der Waals surface area (Å²) in [5, 5.41) is 0. The van der Waals surface area contributed by atoms with Gasteiger partial charge in [0.25, 0.3) is 0 Å². The number of nitrogens with zero attached hydrogens (tertiary/aromatic N) is 3. The van der Waals surface area contributed by atoms with Crippen LogP contribution in [0.1, 0.15) is 5.56 Å². The number of methoxy groups -OCH3 is 1. The van der Waals surface area contributed by atoms with E-state index < -0.39 is 16.1 Å². The van der Waals surface area contributed by atoms with Crippen molar-refractivity contribution in [2.75, 3.05) is 40.3 Å². The molecule has 136 valence electrons. The molecule has 9 heteroatoms. The lowest BCUT2D eigenvalue weighted by molar-refractivity contribution is -0.156. The Bertz CT molecular complexity index is 823. The van der Waals surface area contributed by atoms with Crippen LogP contribution in [0.25, 0.3) is 0 Å². The van der Waals surface area contributed by atoms with E-state index in [0.29, 0.717) is 0 Å². The van der Waals surface area contributed by atoms with E-state index >= 15 is 0 Å². The van der Waals surface area contributed by atoms with Gasteiger partial charge in [0.1, 0.15) is 16.7 Å². The molecule has 8 nitrogen and oxygen atoms in total. The molecule has 2 aliphatic heterocycles. The van der Waals surface area contributed by atoms with Gasteiger partial charge in [0.2, 0.25) is 21.8 Å². The molecule has 25 heavy (non-hydrogen) atoms. The summed E-state index contributed by atoms with van der Waals surface area (Å²) < 4.78 is 32.6. The summed E-state index contributed by atoms with van der Waals surface area (Å²) in [6.45, 7) is 2.19. The molecule has 0 spiro atoms. The molecular formula is C16H21N3O5S. The summed E-state index contributed by atoms with van der Waals surface area (Å²) in [4.78, 5) is 27.3. The van der Waals surface area contributed by atoms with Crippen LogP contribution in [0.3, 0.4) is 0 Å². The average molecular weight is 367 g/mol. The fourth-order valence-electron chi connectivity index (χ4n) is 3.24. The Kier molecular flexibility index (Phi) is 4.46. The number of ether oxygens (including phenoxy) is 1. The van der Waals surface area contributed by atoms with Gasteiger partial charge in [-0.1, -0.05) is 6.07 Å². The number of fused-ring (bicyclic) bond motifs is 1. The molecule has 0 N–H and O–H groups in total. The SMILES string of the molecule is COc1cc(C)ccc1S(=O)(=O)N1CCN2C(=O)CN(C)C(=O)[C@@H]2C1. The smallest absolute Gasteiger partial charge is 0.246 e. The molecule has 2 amide bonds. The molecule has 0 aromatic heterocycles. The van der Waals surface area contributed by atoms with Crippen LogP contribution in [0.5, 0.6) is 5.75 Å². The number of aryl methyl sites for hydroxylation is 1. The highest BCUT2D eigenvalue weighted by molar-refractivity contribution is 7.89. The maximum Gasteiger partial charge on any atom is 0.246 e. The number of carbonyl (C=O) groups is 2. The van der Waals surface area contributed by atoms with Crippen molar-refractivity contribution in [2.45, 2.75) is 17.9 Å². The second-order valence-corrected chi connectivity index (χ2v) is 8.22. The summed E-state index contributed by atoms with van der Waals surface area (Å²) in [6.07, 6.45) is 0. The van der Waals surface area contributed by atoms with Crippen LogP contribution in [0, 0.1) is 6.92 Å². The van der Waals surface area contributed by atoms with Gasteiger partial charge < -0.3 is 14.5 Å². The molecule has 2 aliphatic rings. The van der Waals surface area contributed by atoms with Crippen molar-refractivity contribution in [3.63, 3.8) is 0 Å². The van der Waals surface area contributed by atoms with Crippen molar-refractivity contribution < 1.29 is 22.7 Å². The minimum Gasteiger partial charge on any atom is -0.495 e. The zero-order chi connectivity index (χ0) is 18.4. The maximum atomic E-state index is 13.0. The Labute approximate surface area is 147 Å². The number of sulfonamides is 1. The first-order valence-electron chi connectivity index (χ1n) is 7.95. The molecule has 1 aromatic carbocycles. The quantitative estimate of drug-likeness (QED) is 0.731. The van der Waals surface area contributed by atoms with Crippen molar-refractivity contribution in [1.82, 2.24) is 14.1 Å². The predicted molar refractivity (Wildman–Crippen MR) is 89.6 cm³/mol. The van der Waals surface area contributed by atoms with Gasteiger partial charge in [0.05, 0.1) is 13.7 Å². The lowest BCUT2D eigenvalue weighted by atomic mass is 10.1. The van der Waals surface area contributed by atoms with Gasteiger partial charge in [-0.2, -0.15) is 4.31 Å². The van der Waals surface area contributed by atoms with Gasteiger partial charge in [-0.3, -0.25) is 9.59 Å². The Morgan fingerprint density at radius 3 is 2.60 bits per heavy atom. The summed E-state index contributed by atoms with van der Waals surface area (Å²) in [6, 6.07) is 4.10. The topological polar surface area (TPSA) is 87.2 Å². The third-order valence-corrected chi connectivity index (χ3v) is 6.54. The molecule has 0 radical (unpaired) electrons. The molecule has 3 rings (SSSR count). The monoisotopic (exact) mass is 367 g/mol. The van der Waals surface area contributed by atoms with Gasteiger partial charge in [-0.25, -0.2) is 8.42 Å². The minimum atomic E-state index is -3.83. The Morgan fingerprint density at radius 1 is 1.20 bits per heavy atom. The van der Waals surface area contributed by atoms with Crippen LogP contribution >= 0.6 is 0 Å². The van der Waals surface area contributed by atoms with Gasteiger partial charge in [0.15, 0.2) is 0 Å². The normalized spacial score (nSPS) is 22.1. The van der Waals surface area contributed by atoms with Crippen molar-refractivity contribution >= 4 is 21.8 Å². The Morgan fingerprint density at radius 2 is 1.92 bits per heavy atom. The molecule has 0 unspecified atom stereocenters. The minimum absolute atomic E-state index is 0.0356. The number of hydrogen-bond acceptors (Lipinski definition) is 5. The first-order chi connectivity index (χ1) is 11.8. The molecule has 0 saturated carbocycles. The highest BCUT2D eigenvalue weighted by Crippen LogP contribution is 2.29. The fourth-order valence-corrected chi connectivity index (χ4v) is 4.81. The molecule has 0 aliphatic carbocycles. The van der Waals surface area contributed by atoms with E-state index in [1.807, 2.05) is 6.92 Å². The van der Waals surface area contributed by atoms with Gasteiger partial charge in [-0.05, 0) is 24.6 Å². The van der Waals surface area contributed by atoms with E-state index in [1.54, 1.807) is 19.2 Å². The van der Waals surface area contributed by atoms with E-state index in [0.717, 1.165) is 5.56 Å². The molecule has 1 atom stereocenters. The summed E-state index contributed by atoms with van der Waals surface area (Å²) in [7, 11) is -0.861. The third-order valence-electron chi connectivity index (χ3n) is 4.63. The van der Waals surface area contributed by atoms with E-state index in [2.05, 4.69) is 0 Å². The standard InChI is InChI=1S/C16H21N3O5S/c1-11-4-5-14(13(8-11)24-3)25(22,23)18-6-7-19-12(9-18)16(21)17(2)10-15(19)20/h4-5,8,12H,6-7,9-10H2,1-3H3/t12-/m0/s1. The maximum absolute atomic E-state index is 13.0. The molecule has 2 fully saturated rings. The molecule has 2 saturated heterocycles. The van der Waals surface area contributed by atoms with Crippen LogP contribution in [-0.2, 0) is 19.6 Å². The van der Waals surface area contributed by atoms with Crippen molar-refractivity contribution in [1.29, 1.82) is 0 Å². The van der Waals surface area contributed by atoms with Crippen molar-refractivity contribution in [3.8, 4) is 5.75 Å². The molecular weight excluding hydrogens is 346 g/mol. The van der Waals surface area contributed by atoms with Crippen LogP contribution < -0.4 is 4.74 Å². The van der Waals surface area contributed by atoms with Gasteiger partial charge in [-0.15, -0.1) is 0 Å². The lowest BCUT2D eigenvalue weighted by Crippen LogP contribution is -2.66. The molecule has 0 bridgehead atoms. The number of hydrogen-bond donors (Lipinski definition) is 0.